The smallest absolute Gasteiger partial charge is 0.274 e. The fourth-order valence-electron chi connectivity index (χ4n) is 2.05. The van der Waals surface area contributed by atoms with Crippen molar-refractivity contribution >= 4 is 5.91 Å². The number of nitrogens with two attached hydrogens (primary N) is 1. The molecule has 0 unspecified atom stereocenters. The molecule has 1 aliphatic rings. The first-order valence-corrected chi connectivity index (χ1v) is 7.01. The maximum Gasteiger partial charge on any atom is 0.274 e. The van der Waals surface area contributed by atoms with E-state index in [0.717, 1.165) is 0 Å². The Morgan fingerprint density at radius 1 is 1.26 bits per heavy atom. The second-order valence-corrected chi connectivity index (χ2v) is 5.53. The molecule has 0 bridgehead atoms. The number of halogens is 1. The Labute approximate surface area is 131 Å². The lowest BCUT2D eigenvalue weighted by Crippen LogP contribution is -2.27. The summed E-state index contributed by atoms with van der Waals surface area (Å²) < 4.78 is 12.8. The zero-order chi connectivity index (χ0) is 16.6. The van der Waals surface area contributed by atoms with E-state index in [1.807, 2.05) is 0 Å². The van der Waals surface area contributed by atoms with Gasteiger partial charge in [0.2, 0.25) is 5.75 Å². The van der Waals surface area contributed by atoms with Gasteiger partial charge in [-0.05, 0) is 30.5 Å². The van der Waals surface area contributed by atoms with Gasteiger partial charge in [0.05, 0.1) is 5.54 Å². The topological polar surface area (TPSA) is 121 Å². The Balaban J connectivity index is 1.78. The fourth-order valence-corrected chi connectivity index (χ4v) is 2.05. The molecule has 1 amide bonds. The number of nitrogens with one attached hydrogen (secondary N) is 1. The molecule has 0 radical (unpaired) electrons. The number of aromatic nitrogens is 2. The molecule has 23 heavy (non-hydrogen) atoms. The number of benzene rings is 1. The molecule has 1 heterocycles. The third-order valence-electron chi connectivity index (χ3n) is 3.68. The minimum atomic E-state index is -0.753. The van der Waals surface area contributed by atoms with Crippen molar-refractivity contribution in [2.45, 2.75) is 24.9 Å². The third-order valence-corrected chi connectivity index (χ3v) is 3.68. The van der Waals surface area contributed by atoms with E-state index >= 15 is 0 Å². The van der Waals surface area contributed by atoms with Gasteiger partial charge in [0.1, 0.15) is 5.82 Å². The molecule has 3 rings (SSSR count). The number of hydrogen-bond donors (Lipinski definition) is 4. The quantitative estimate of drug-likeness (QED) is 0.664. The predicted octanol–water partition coefficient (Wildman–Crippen LogP) is 0.905. The van der Waals surface area contributed by atoms with Gasteiger partial charge in [0.15, 0.2) is 11.5 Å². The summed E-state index contributed by atoms with van der Waals surface area (Å²) in [6.07, 6.45) is 1.29. The van der Waals surface area contributed by atoms with Crippen LogP contribution in [0.15, 0.2) is 24.3 Å². The zero-order valence-corrected chi connectivity index (χ0v) is 12.1. The normalized spacial score (nSPS) is 15.2. The number of rotatable bonds is 4. The molecule has 0 atom stereocenters. The Kier molecular flexibility index (Phi) is 3.61. The first-order chi connectivity index (χ1) is 10.9. The molecular formula is C15H15FN4O3. The number of carbonyl (C=O) groups excluding carboxylic acids is 1. The van der Waals surface area contributed by atoms with Crippen LogP contribution in [-0.4, -0.2) is 26.1 Å². The van der Waals surface area contributed by atoms with Gasteiger partial charge in [-0.2, -0.15) is 4.98 Å². The predicted molar refractivity (Wildman–Crippen MR) is 78.0 cm³/mol. The van der Waals surface area contributed by atoms with Gasteiger partial charge in [-0.1, -0.05) is 12.1 Å². The van der Waals surface area contributed by atoms with Gasteiger partial charge in [-0.25, -0.2) is 9.37 Å². The van der Waals surface area contributed by atoms with Crippen LogP contribution in [0.4, 0.5) is 4.39 Å². The summed E-state index contributed by atoms with van der Waals surface area (Å²) in [5, 5.41) is 22.0. The molecular weight excluding hydrogens is 303 g/mol. The average molecular weight is 318 g/mol. The summed E-state index contributed by atoms with van der Waals surface area (Å²) in [5.74, 6) is -2.32. The van der Waals surface area contributed by atoms with Crippen LogP contribution >= 0.6 is 0 Å². The number of amides is 1. The van der Waals surface area contributed by atoms with Gasteiger partial charge in [-0.15, -0.1) is 0 Å². The van der Waals surface area contributed by atoms with Gasteiger partial charge >= 0.3 is 0 Å². The number of nitrogens with zero attached hydrogens (tertiary/aromatic N) is 2. The van der Waals surface area contributed by atoms with Crippen molar-refractivity contribution in [2.24, 2.45) is 5.73 Å². The molecule has 0 spiro atoms. The van der Waals surface area contributed by atoms with Crippen LogP contribution in [0.3, 0.4) is 0 Å². The lowest BCUT2D eigenvalue weighted by molar-refractivity contribution is 0.0941. The van der Waals surface area contributed by atoms with Crippen LogP contribution < -0.4 is 11.1 Å². The van der Waals surface area contributed by atoms with E-state index in [9.17, 15) is 19.4 Å². The van der Waals surface area contributed by atoms with E-state index in [-0.39, 0.29) is 23.9 Å². The van der Waals surface area contributed by atoms with Gasteiger partial charge in [0.25, 0.3) is 11.8 Å². The van der Waals surface area contributed by atoms with Crippen molar-refractivity contribution in [3.05, 3.63) is 47.2 Å². The van der Waals surface area contributed by atoms with Gasteiger partial charge < -0.3 is 21.3 Å². The first-order valence-electron chi connectivity index (χ1n) is 7.01. The first kappa shape index (κ1) is 15.2. The standard InChI is InChI=1S/C15H15FN4O3/c16-9-3-1-8(2-4-9)7-18-12(22)10-11(21)13(23)20-14(19-10)15(17)5-6-15/h1-4,21H,5-7,17H2,(H,18,22)(H,19,20,23). The summed E-state index contributed by atoms with van der Waals surface area (Å²) in [6.45, 7) is 0.117. The molecule has 1 fully saturated rings. The van der Waals surface area contributed by atoms with Gasteiger partial charge in [0, 0.05) is 6.54 Å². The molecule has 1 saturated carbocycles. The molecule has 5 N–H and O–H groups in total. The van der Waals surface area contributed by atoms with E-state index in [0.29, 0.717) is 18.4 Å². The second-order valence-electron chi connectivity index (χ2n) is 5.53. The van der Waals surface area contributed by atoms with Crippen molar-refractivity contribution in [1.29, 1.82) is 0 Å². The van der Waals surface area contributed by atoms with E-state index in [2.05, 4.69) is 15.3 Å². The Morgan fingerprint density at radius 2 is 1.91 bits per heavy atom. The van der Waals surface area contributed by atoms with E-state index in [1.54, 1.807) is 0 Å². The number of hydrogen-bond acceptors (Lipinski definition) is 6. The number of aromatic hydroxyl groups is 2. The summed E-state index contributed by atoms with van der Waals surface area (Å²) in [7, 11) is 0. The minimum Gasteiger partial charge on any atom is -0.501 e. The molecule has 8 heteroatoms. The molecule has 1 aromatic carbocycles. The second kappa shape index (κ2) is 5.47. The molecule has 2 aromatic rings. The van der Waals surface area contributed by atoms with Crippen molar-refractivity contribution in [3.8, 4) is 11.6 Å². The highest BCUT2D eigenvalue weighted by Crippen LogP contribution is 2.42. The molecule has 0 saturated heterocycles. The highest BCUT2D eigenvalue weighted by molar-refractivity contribution is 5.95. The Hall–Kier alpha value is -2.74. The van der Waals surface area contributed by atoms with Crippen LogP contribution in [0.2, 0.25) is 0 Å². The molecule has 1 aliphatic carbocycles. The lowest BCUT2D eigenvalue weighted by atomic mass is 10.2. The summed E-state index contributed by atoms with van der Waals surface area (Å²) in [6, 6.07) is 5.60. The molecule has 1 aromatic heterocycles. The van der Waals surface area contributed by atoms with Crippen molar-refractivity contribution in [1.82, 2.24) is 15.3 Å². The van der Waals surface area contributed by atoms with E-state index < -0.39 is 23.1 Å². The van der Waals surface area contributed by atoms with E-state index in [1.165, 1.54) is 24.3 Å². The summed E-state index contributed by atoms with van der Waals surface area (Å²) in [4.78, 5) is 19.9. The largest absolute Gasteiger partial charge is 0.501 e. The lowest BCUT2D eigenvalue weighted by Gasteiger charge is -2.12. The SMILES string of the molecule is NC1(c2nc(O)c(O)c(C(=O)NCc3ccc(F)cc3)n2)CC1. The molecule has 0 aliphatic heterocycles. The van der Waals surface area contributed by atoms with E-state index in [4.69, 9.17) is 5.73 Å². The van der Waals surface area contributed by atoms with Crippen molar-refractivity contribution in [2.75, 3.05) is 0 Å². The summed E-state index contributed by atoms with van der Waals surface area (Å²) >= 11 is 0. The maximum absolute atomic E-state index is 12.8. The van der Waals surface area contributed by atoms with Crippen LogP contribution in [0.25, 0.3) is 0 Å². The minimum absolute atomic E-state index is 0.117. The van der Waals surface area contributed by atoms with Crippen LogP contribution in [0.5, 0.6) is 11.6 Å². The highest BCUT2D eigenvalue weighted by atomic mass is 19.1. The zero-order valence-electron chi connectivity index (χ0n) is 12.1. The van der Waals surface area contributed by atoms with Crippen LogP contribution in [-0.2, 0) is 12.1 Å². The third kappa shape index (κ3) is 3.07. The van der Waals surface area contributed by atoms with Gasteiger partial charge in [-0.3, -0.25) is 4.79 Å². The van der Waals surface area contributed by atoms with Crippen LogP contribution in [0.1, 0.15) is 34.7 Å². The Bertz CT molecular complexity index is 760. The summed E-state index contributed by atoms with van der Waals surface area (Å²) in [5.41, 5.74) is 5.53. The highest BCUT2D eigenvalue weighted by Gasteiger charge is 2.44. The van der Waals surface area contributed by atoms with Crippen molar-refractivity contribution in [3.63, 3.8) is 0 Å². The molecule has 120 valence electrons. The fraction of sp³-hybridized carbons (Fsp3) is 0.267. The average Bonchev–Trinajstić information content (AvgIpc) is 3.28. The van der Waals surface area contributed by atoms with Crippen LogP contribution in [0, 0.1) is 5.82 Å². The Morgan fingerprint density at radius 3 is 2.52 bits per heavy atom. The number of carbonyl (C=O) groups is 1. The maximum atomic E-state index is 12.8. The van der Waals surface area contributed by atoms with Crippen molar-refractivity contribution < 1.29 is 19.4 Å². The monoisotopic (exact) mass is 318 g/mol. The molecule has 7 nitrogen and oxygen atoms in total.